The second kappa shape index (κ2) is 21.3. The maximum Gasteiger partial charge on any atom is 0.153 e. The van der Waals surface area contributed by atoms with E-state index in [1.807, 2.05) is 0 Å². The van der Waals surface area contributed by atoms with Gasteiger partial charge in [0.2, 0.25) is 0 Å². The Hall–Kier alpha value is -1.68. The van der Waals surface area contributed by atoms with Gasteiger partial charge < -0.3 is 41.5 Å². The number of hydrogen-bond donors (Lipinski definition) is 7. The number of ketones is 2. The Labute approximate surface area is 361 Å². The molecule has 1 spiro atoms. The molecule has 338 valence electrons. The number of methoxy groups -OCH3 is 1. The largest absolute Gasteiger partial charge is 0.391 e. The average molecular weight is 836 g/mol. The molecule has 0 radical (unpaired) electrons. The Morgan fingerprint density at radius 2 is 1.68 bits per heavy atom. The molecule has 0 bridgehead atoms. The van der Waals surface area contributed by atoms with Gasteiger partial charge in [0, 0.05) is 38.3 Å². The molecular weight excluding hydrogens is 755 g/mol. The first-order valence-corrected chi connectivity index (χ1v) is 24.7. The van der Waals surface area contributed by atoms with Gasteiger partial charge in [-0.05, 0) is 156 Å². The van der Waals surface area contributed by atoms with Gasteiger partial charge in [0.25, 0.3) is 0 Å². The van der Waals surface area contributed by atoms with Crippen molar-refractivity contribution in [3.05, 3.63) is 12.2 Å². The van der Waals surface area contributed by atoms with E-state index in [4.69, 9.17) is 10.5 Å². The summed E-state index contributed by atoms with van der Waals surface area (Å²) in [7, 11) is 1.63. The summed E-state index contributed by atoms with van der Waals surface area (Å²) in [5.74, 6) is 9.89. The van der Waals surface area contributed by atoms with Crippen molar-refractivity contribution in [2.75, 3.05) is 20.2 Å². The number of hydrogen-bond acceptors (Lipinski definition) is 10. The van der Waals surface area contributed by atoms with Crippen molar-refractivity contribution in [2.45, 2.75) is 191 Å². The van der Waals surface area contributed by atoms with Crippen LogP contribution in [0.3, 0.4) is 0 Å². The first kappa shape index (κ1) is 46.3. The number of rotatable bonds is 13. The number of nitrogens with one attached hydrogen (secondary N) is 2. The quantitative estimate of drug-likeness (QED) is 0.0886. The molecule has 5 aliphatic carbocycles. The van der Waals surface area contributed by atoms with Crippen molar-refractivity contribution in [3.8, 4) is 11.8 Å². The minimum absolute atomic E-state index is 0.0219. The molecule has 4 saturated carbocycles. The van der Waals surface area contributed by atoms with Gasteiger partial charge in [-0.3, -0.25) is 9.59 Å². The Bertz CT molecular complexity index is 1510. The van der Waals surface area contributed by atoms with E-state index in [2.05, 4.69) is 41.6 Å². The number of allylic oxidation sites excluding steroid dienone is 2. The fraction of sp³-hybridized carbons (Fsp3) is 0.880. The van der Waals surface area contributed by atoms with Crippen LogP contribution in [-0.2, 0) is 14.3 Å². The average Bonchev–Trinajstić information content (AvgIpc) is 3.30. The molecule has 8 N–H and O–H groups in total. The molecule has 0 aromatic rings. The van der Waals surface area contributed by atoms with Crippen LogP contribution in [0.25, 0.3) is 0 Å². The lowest BCUT2D eigenvalue weighted by molar-refractivity contribution is -0.135. The van der Waals surface area contributed by atoms with Gasteiger partial charge in [-0.1, -0.05) is 63.0 Å². The third kappa shape index (κ3) is 11.2. The number of ether oxygens (including phenoxy) is 1. The zero-order valence-corrected chi connectivity index (χ0v) is 37.0. The zero-order chi connectivity index (χ0) is 42.4. The van der Waals surface area contributed by atoms with E-state index in [1.165, 1.54) is 38.5 Å². The van der Waals surface area contributed by atoms with Gasteiger partial charge in [0.15, 0.2) is 5.78 Å². The number of carbonyl (C=O) groups is 2. The zero-order valence-electron chi connectivity index (χ0n) is 37.0. The van der Waals surface area contributed by atoms with E-state index in [9.17, 15) is 30.0 Å². The number of carbonyl (C=O) groups excluding carboxylic acids is 2. The van der Waals surface area contributed by atoms with E-state index < -0.39 is 29.8 Å². The molecule has 0 amide bonds. The minimum Gasteiger partial charge on any atom is -0.391 e. The van der Waals surface area contributed by atoms with Crippen LogP contribution in [-0.4, -0.2) is 94.9 Å². The second-order valence-corrected chi connectivity index (χ2v) is 21.1. The van der Waals surface area contributed by atoms with Crippen molar-refractivity contribution in [1.82, 2.24) is 10.6 Å². The van der Waals surface area contributed by atoms with Crippen LogP contribution in [0, 0.1) is 76.4 Å². The summed E-state index contributed by atoms with van der Waals surface area (Å²) in [5.41, 5.74) is 5.34. The maximum atomic E-state index is 14.3. The molecule has 10 heteroatoms. The number of piperidine rings is 2. The summed E-state index contributed by atoms with van der Waals surface area (Å²) in [6.07, 6.45) is 19.2. The first-order valence-electron chi connectivity index (χ1n) is 24.7. The third-order valence-corrected chi connectivity index (χ3v) is 17.4. The fourth-order valence-electron chi connectivity index (χ4n) is 13.4. The van der Waals surface area contributed by atoms with Gasteiger partial charge in [-0.25, -0.2) is 0 Å². The van der Waals surface area contributed by atoms with Crippen LogP contribution in [0.4, 0.5) is 0 Å². The summed E-state index contributed by atoms with van der Waals surface area (Å²) < 4.78 is 5.73. The Kier molecular flexibility index (Phi) is 16.5. The van der Waals surface area contributed by atoms with Crippen molar-refractivity contribution in [1.29, 1.82) is 0 Å². The summed E-state index contributed by atoms with van der Waals surface area (Å²) in [6.45, 7) is 4.04. The predicted octanol–water partition coefficient (Wildman–Crippen LogP) is 5.82. The van der Waals surface area contributed by atoms with E-state index in [0.29, 0.717) is 105 Å². The number of fused-ring (bicyclic) bond motifs is 2. The molecule has 17 atom stereocenters. The summed E-state index contributed by atoms with van der Waals surface area (Å²) >= 11 is 0. The summed E-state index contributed by atoms with van der Waals surface area (Å²) in [6, 6.07) is 0.338. The summed E-state index contributed by atoms with van der Waals surface area (Å²) in [5, 5.41) is 54.3. The summed E-state index contributed by atoms with van der Waals surface area (Å²) in [4.78, 5) is 26.3. The highest BCUT2D eigenvalue weighted by molar-refractivity contribution is 5.89. The Morgan fingerprint density at radius 3 is 2.45 bits per heavy atom. The molecule has 2 heterocycles. The predicted molar refractivity (Wildman–Crippen MR) is 234 cm³/mol. The van der Waals surface area contributed by atoms with E-state index >= 15 is 0 Å². The van der Waals surface area contributed by atoms with Crippen LogP contribution in [0.2, 0.25) is 0 Å². The molecule has 6 fully saturated rings. The number of aliphatic hydroxyl groups is 4. The number of nitrogens with two attached hydrogens (primary N) is 1. The molecule has 2 aliphatic heterocycles. The SMILES string of the molecule is CCC1CNC(N)CC1[C@H](C=CC1CCCCC1)C[C@H](O)[C@H](O)C[C@@H]1C#C[C@]2(CC[C@H](CC[C@@H]3CN[C@@H]4CC(=O)CC[C@H]4C3)C[C@H]2O)C(=O)CCC2CC(OC)C(O)CC21. The maximum absolute atomic E-state index is 14.3. The smallest absolute Gasteiger partial charge is 0.153 e. The topological polar surface area (TPSA) is 174 Å². The minimum atomic E-state index is -1.14. The monoisotopic (exact) mass is 836 g/mol. The van der Waals surface area contributed by atoms with E-state index in [0.717, 1.165) is 51.6 Å². The molecule has 2 saturated heterocycles. The van der Waals surface area contributed by atoms with Gasteiger partial charge in [0.05, 0.1) is 36.7 Å². The molecule has 7 rings (SSSR count). The molecule has 7 unspecified atom stereocenters. The highest BCUT2D eigenvalue weighted by Gasteiger charge is 2.50. The lowest BCUT2D eigenvalue weighted by Gasteiger charge is -2.42. The van der Waals surface area contributed by atoms with Gasteiger partial charge in [-0.15, -0.1) is 0 Å². The normalized spacial score (nSPS) is 42.2. The molecule has 60 heavy (non-hydrogen) atoms. The van der Waals surface area contributed by atoms with Gasteiger partial charge >= 0.3 is 0 Å². The first-order chi connectivity index (χ1) is 29.0. The van der Waals surface area contributed by atoms with Gasteiger partial charge in [-0.2, -0.15) is 0 Å². The van der Waals surface area contributed by atoms with E-state index in [1.54, 1.807) is 7.11 Å². The Balaban J connectivity index is 1.06. The standard InChI is InChI=1S/C50H81N3O7/c1-3-34-30-53-49(51)28-41(34)35(12-11-31-7-5-4-6-8-31)23-43(55)44(56)24-37-18-20-50(47(58)16-14-36-25-46(60-2)45(57)27-40(36)37)19-17-32(22-48(50)59)9-10-33-21-38-13-15-39(54)26-42(38)52-29-33/h11-12,31-38,40-46,48-49,52-53,55-57,59H,3-10,13-17,19,21-30,51H2,1-2H3/t32-,33-,34?,35+,36?,37-,38-,40?,41?,42+,43-,44+,45?,46?,48+,49?,50+/m0/s1. The van der Waals surface area contributed by atoms with Crippen LogP contribution < -0.4 is 16.4 Å². The van der Waals surface area contributed by atoms with Crippen LogP contribution in [0.5, 0.6) is 0 Å². The third-order valence-electron chi connectivity index (χ3n) is 17.4. The fourth-order valence-corrected chi connectivity index (χ4v) is 13.4. The Morgan fingerprint density at radius 1 is 0.900 bits per heavy atom. The molecule has 0 aromatic heterocycles. The highest BCUT2D eigenvalue weighted by Crippen LogP contribution is 2.47. The van der Waals surface area contributed by atoms with Crippen molar-refractivity contribution in [2.24, 2.45) is 70.3 Å². The lowest BCUT2D eigenvalue weighted by Crippen LogP contribution is -2.50. The molecule has 10 nitrogen and oxygen atoms in total. The van der Waals surface area contributed by atoms with Crippen LogP contribution >= 0.6 is 0 Å². The molecular formula is C50H81N3O7. The van der Waals surface area contributed by atoms with Crippen molar-refractivity contribution in [3.63, 3.8) is 0 Å². The van der Waals surface area contributed by atoms with Gasteiger partial charge in [0.1, 0.15) is 11.2 Å². The van der Waals surface area contributed by atoms with Crippen molar-refractivity contribution < 1.29 is 34.8 Å². The van der Waals surface area contributed by atoms with Crippen LogP contribution in [0.15, 0.2) is 12.2 Å². The lowest BCUT2D eigenvalue weighted by atomic mass is 9.64. The second-order valence-electron chi connectivity index (χ2n) is 21.1. The number of Topliss-reactive ketones (excluding diaryl/α,β-unsaturated/α-hetero) is 2. The molecule has 0 aromatic carbocycles. The number of aliphatic hydroxyl groups excluding tert-OH is 4. The van der Waals surface area contributed by atoms with E-state index in [-0.39, 0.29) is 48.1 Å². The van der Waals surface area contributed by atoms with Crippen LogP contribution in [0.1, 0.15) is 148 Å². The van der Waals surface area contributed by atoms with Crippen molar-refractivity contribution >= 4 is 11.6 Å². The molecule has 7 aliphatic rings. The highest BCUT2D eigenvalue weighted by atomic mass is 16.5.